The van der Waals surface area contributed by atoms with E-state index in [2.05, 4.69) is 0 Å². The summed E-state index contributed by atoms with van der Waals surface area (Å²) in [5.41, 5.74) is 0. The zero-order chi connectivity index (χ0) is 10.3. The highest BCUT2D eigenvalue weighted by Gasteiger charge is 2.41. The summed E-state index contributed by atoms with van der Waals surface area (Å²) in [7, 11) is 0. The molecular weight excluding hydrogens is 223 g/mol. The summed E-state index contributed by atoms with van der Waals surface area (Å²) in [4.78, 5) is 23.3. The molecule has 0 aromatic heterocycles. The number of hydrogen-bond acceptors (Lipinski definition) is 2. The predicted octanol–water partition coefficient (Wildman–Crippen LogP) is 2.41. The summed E-state index contributed by atoms with van der Waals surface area (Å²) in [5.74, 6) is -0.957. The third-order valence-electron chi connectivity index (χ3n) is 2.73. The number of halogens is 2. The van der Waals surface area contributed by atoms with Gasteiger partial charge in [-0.25, -0.2) is 0 Å². The fourth-order valence-corrected chi connectivity index (χ4v) is 2.40. The van der Waals surface area contributed by atoms with Crippen LogP contribution in [0.5, 0.6) is 0 Å². The van der Waals surface area contributed by atoms with Crippen LogP contribution in [0.25, 0.3) is 0 Å². The molecule has 2 aliphatic rings. The van der Waals surface area contributed by atoms with Crippen LogP contribution < -0.4 is 0 Å². The SMILES string of the molecule is O=C1C(Cl)=C(Cl)C(=O)[C@H]2CC=CC[C@H]12. The van der Waals surface area contributed by atoms with Gasteiger partial charge in [0.1, 0.15) is 10.1 Å². The highest BCUT2D eigenvalue weighted by atomic mass is 35.5. The monoisotopic (exact) mass is 230 g/mol. The van der Waals surface area contributed by atoms with Crippen molar-refractivity contribution >= 4 is 34.8 Å². The van der Waals surface area contributed by atoms with Crippen LogP contribution in [0.15, 0.2) is 22.2 Å². The van der Waals surface area contributed by atoms with E-state index in [1.54, 1.807) is 0 Å². The van der Waals surface area contributed by atoms with Crippen LogP contribution in [-0.4, -0.2) is 11.6 Å². The average Bonchev–Trinajstić information content (AvgIpc) is 2.23. The number of rotatable bonds is 0. The number of carbonyl (C=O) groups is 2. The van der Waals surface area contributed by atoms with Gasteiger partial charge in [-0.3, -0.25) is 9.59 Å². The predicted molar refractivity (Wildman–Crippen MR) is 54.1 cm³/mol. The largest absolute Gasteiger partial charge is 0.293 e. The Hall–Kier alpha value is -0.600. The molecule has 0 heterocycles. The molecule has 0 N–H and O–H groups in total. The third-order valence-corrected chi connectivity index (χ3v) is 3.58. The van der Waals surface area contributed by atoms with E-state index in [0.717, 1.165) is 0 Å². The van der Waals surface area contributed by atoms with Crippen molar-refractivity contribution in [2.75, 3.05) is 0 Å². The summed E-state index contributed by atoms with van der Waals surface area (Å²) in [6.45, 7) is 0. The normalized spacial score (nSPS) is 32.1. The molecule has 2 aliphatic carbocycles. The van der Waals surface area contributed by atoms with Gasteiger partial charge < -0.3 is 0 Å². The van der Waals surface area contributed by atoms with Gasteiger partial charge in [0, 0.05) is 11.8 Å². The lowest BCUT2D eigenvalue weighted by Gasteiger charge is -2.29. The number of carbonyl (C=O) groups excluding carboxylic acids is 2. The van der Waals surface area contributed by atoms with E-state index in [1.165, 1.54) is 0 Å². The first-order valence-electron chi connectivity index (χ1n) is 4.41. The molecule has 2 nitrogen and oxygen atoms in total. The van der Waals surface area contributed by atoms with E-state index >= 15 is 0 Å². The first-order valence-corrected chi connectivity index (χ1v) is 5.17. The Morgan fingerprint density at radius 3 is 1.64 bits per heavy atom. The lowest BCUT2D eigenvalue weighted by Crippen LogP contribution is -2.36. The Balaban J connectivity index is 2.44. The number of Topliss-reactive ketones (excluding diaryl/α,β-unsaturated/α-hetero) is 2. The maximum Gasteiger partial charge on any atom is 0.179 e. The van der Waals surface area contributed by atoms with E-state index < -0.39 is 0 Å². The Labute approximate surface area is 91.6 Å². The lowest BCUT2D eigenvalue weighted by molar-refractivity contribution is -0.129. The molecule has 0 aromatic carbocycles. The van der Waals surface area contributed by atoms with Gasteiger partial charge in [0.2, 0.25) is 0 Å². The van der Waals surface area contributed by atoms with E-state index in [9.17, 15) is 9.59 Å². The summed E-state index contributed by atoms with van der Waals surface area (Å²) in [5, 5.41) is -0.179. The molecule has 14 heavy (non-hydrogen) atoms. The smallest absolute Gasteiger partial charge is 0.179 e. The van der Waals surface area contributed by atoms with E-state index in [4.69, 9.17) is 23.2 Å². The summed E-state index contributed by atoms with van der Waals surface area (Å²) >= 11 is 11.4. The van der Waals surface area contributed by atoms with Crippen molar-refractivity contribution in [2.24, 2.45) is 11.8 Å². The molecule has 0 saturated carbocycles. The van der Waals surface area contributed by atoms with Crippen molar-refractivity contribution in [1.82, 2.24) is 0 Å². The van der Waals surface area contributed by atoms with Gasteiger partial charge in [0.05, 0.1) is 0 Å². The van der Waals surface area contributed by atoms with E-state index in [0.29, 0.717) is 12.8 Å². The second-order valence-corrected chi connectivity index (χ2v) is 4.27. The Kier molecular flexibility index (Phi) is 2.50. The Bertz CT molecular complexity index is 334. The quantitative estimate of drug-likeness (QED) is 0.600. The highest BCUT2D eigenvalue weighted by molar-refractivity contribution is 6.56. The maximum absolute atomic E-state index is 11.7. The molecule has 0 radical (unpaired) electrons. The molecule has 0 unspecified atom stereocenters. The fourth-order valence-electron chi connectivity index (χ4n) is 1.94. The number of ketones is 2. The van der Waals surface area contributed by atoms with E-state index in [1.807, 2.05) is 12.2 Å². The van der Waals surface area contributed by atoms with Crippen LogP contribution in [0.1, 0.15) is 12.8 Å². The highest BCUT2D eigenvalue weighted by Crippen LogP contribution is 2.38. The molecule has 0 spiro atoms. The van der Waals surface area contributed by atoms with Crippen molar-refractivity contribution < 1.29 is 9.59 Å². The molecule has 0 fully saturated rings. The fraction of sp³-hybridized carbons (Fsp3) is 0.400. The van der Waals surface area contributed by atoms with Gasteiger partial charge in [-0.1, -0.05) is 35.4 Å². The molecule has 2 atom stereocenters. The molecule has 74 valence electrons. The second-order valence-electron chi connectivity index (χ2n) is 3.51. The topological polar surface area (TPSA) is 34.1 Å². The van der Waals surface area contributed by atoms with Crippen LogP contribution in [0.2, 0.25) is 0 Å². The van der Waals surface area contributed by atoms with Gasteiger partial charge in [-0.05, 0) is 12.8 Å². The summed E-state index contributed by atoms with van der Waals surface area (Å²) in [6, 6.07) is 0. The van der Waals surface area contributed by atoms with Crippen LogP contribution in [0.3, 0.4) is 0 Å². The third kappa shape index (κ3) is 1.33. The molecule has 0 amide bonds. The van der Waals surface area contributed by atoms with Crippen LogP contribution in [0, 0.1) is 11.8 Å². The molecule has 0 aromatic rings. The zero-order valence-electron chi connectivity index (χ0n) is 7.30. The minimum absolute atomic E-state index is 0.0896. The molecule has 0 bridgehead atoms. The molecule has 2 rings (SSSR count). The van der Waals surface area contributed by atoms with Gasteiger partial charge in [0.15, 0.2) is 11.6 Å². The van der Waals surface area contributed by atoms with Crippen LogP contribution in [0.4, 0.5) is 0 Å². The van der Waals surface area contributed by atoms with Gasteiger partial charge in [-0.2, -0.15) is 0 Å². The van der Waals surface area contributed by atoms with Crippen molar-refractivity contribution in [1.29, 1.82) is 0 Å². The standard InChI is InChI=1S/C10H8Cl2O2/c11-7-8(12)10(14)6-4-2-1-3-5(6)9(7)13/h1-2,5-6H,3-4H2/t5-,6-/m0/s1. The van der Waals surface area contributed by atoms with Crippen LogP contribution in [-0.2, 0) is 9.59 Å². The van der Waals surface area contributed by atoms with Gasteiger partial charge in [0.25, 0.3) is 0 Å². The van der Waals surface area contributed by atoms with Gasteiger partial charge in [-0.15, -0.1) is 0 Å². The van der Waals surface area contributed by atoms with Crippen LogP contribution >= 0.6 is 23.2 Å². The van der Waals surface area contributed by atoms with Gasteiger partial charge >= 0.3 is 0 Å². The minimum atomic E-state index is -0.289. The maximum atomic E-state index is 11.7. The Morgan fingerprint density at radius 1 is 0.929 bits per heavy atom. The molecule has 0 aliphatic heterocycles. The van der Waals surface area contributed by atoms with Crippen molar-refractivity contribution in [3.8, 4) is 0 Å². The lowest BCUT2D eigenvalue weighted by atomic mass is 9.74. The Morgan fingerprint density at radius 2 is 1.29 bits per heavy atom. The molecular formula is C10H8Cl2O2. The molecule has 0 saturated heterocycles. The summed E-state index contributed by atoms with van der Waals surface area (Å²) in [6.07, 6.45) is 5.01. The summed E-state index contributed by atoms with van der Waals surface area (Å²) < 4.78 is 0. The zero-order valence-corrected chi connectivity index (χ0v) is 8.81. The van der Waals surface area contributed by atoms with Crippen molar-refractivity contribution in [2.45, 2.75) is 12.8 Å². The average molecular weight is 231 g/mol. The first kappa shape index (κ1) is 9.94. The number of allylic oxidation sites excluding steroid dienone is 4. The number of fused-ring (bicyclic) bond motifs is 1. The van der Waals surface area contributed by atoms with Crippen molar-refractivity contribution in [3.05, 3.63) is 22.2 Å². The first-order chi connectivity index (χ1) is 6.63. The minimum Gasteiger partial charge on any atom is -0.293 e. The van der Waals surface area contributed by atoms with E-state index in [-0.39, 0.29) is 33.5 Å². The number of hydrogen-bond donors (Lipinski definition) is 0. The second kappa shape index (κ2) is 3.52. The van der Waals surface area contributed by atoms with Crippen molar-refractivity contribution in [3.63, 3.8) is 0 Å². The molecule has 4 heteroatoms.